The zero-order valence-electron chi connectivity index (χ0n) is 11.0. The third-order valence-electron chi connectivity index (χ3n) is 3.03. The van der Waals surface area contributed by atoms with Gasteiger partial charge in [0.15, 0.2) is 0 Å². The zero-order chi connectivity index (χ0) is 15.5. The molecule has 0 atom stereocenters. The molecule has 0 bridgehead atoms. The maximum atomic E-state index is 12.3. The van der Waals surface area contributed by atoms with Gasteiger partial charge in [-0.3, -0.25) is 4.79 Å². The van der Waals surface area contributed by atoms with Crippen LogP contribution in [0.1, 0.15) is 12.8 Å². The van der Waals surface area contributed by atoms with Gasteiger partial charge in [-0.15, -0.1) is 0 Å². The number of anilines is 1. The molecule has 1 saturated heterocycles. The molecule has 116 valence electrons. The van der Waals surface area contributed by atoms with Crippen LogP contribution in [0, 0.1) is 0 Å². The largest absolute Gasteiger partial charge is 0.488 e. The molecule has 0 unspecified atom stereocenters. The van der Waals surface area contributed by atoms with Crippen LogP contribution in [-0.4, -0.2) is 31.3 Å². The van der Waals surface area contributed by atoms with Crippen LogP contribution in [0.15, 0.2) is 18.2 Å². The first-order chi connectivity index (χ1) is 9.86. The second kappa shape index (κ2) is 6.53. The number of carbonyl (C=O) groups excluding carboxylic acids is 1. The van der Waals surface area contributed by atoms with Crippen molar-refractivity contribution in [3.05, 3.63) is 23.2 Å². The second-order valence-electron chi connectivity index (χ2n) is 4.66. The molecule has 2 rings (SSSR count). The Labute approximate surface area is 124 Å². The summed E-state index contributed by atoms with van der Waals surface area (Å²) in [5.74, 6) is -1.87. The van der Waals surface area contributed by atoms with Gasteiger partial charge in [-0.1, -0.05) is 11.6 Å². The van der Waals surface area contributed by atoms with E-state index in [4.69, 9.17) is 16.3 Å². The molecule has 0 saturated carbocycles. The number of alkyl halides is 3. The van der Waals surface area contributed by atoms with E-state index >= 15 is 0 Å². The van der Waals surface area contributed by atoms with E-state index in [9.17, 15) is 18.0 Å². The molecule has 21 heavy (non-hydrogen) atoms. The Kier molecular flexibility index (Phi) is 4.95. The molecule has 0 aromatic heterocycles. The number of hydrogen-bond acceptors (Lipinski definition) is 3. The van der Waals surface area contributed by atoms with Gasteiger partial charge < -0.3 is 15.4 Å². The Hall–Kier alpha value is -1.47. The molecule has 0 radical (unpaired) electrons. The molecule has 0 aliphatic carbocycles. The second-order valence-corrected chi connectivity index (χ2v) is 5.10. The highest BCUT2D eigenvalue weighted by molar-refractivity contribution is 6.31. The number of piperidine rings is 1. The first-order valence-electron chi connectivity index (χ1n) is 6.41. The summed E-state index contributed by atoms with van der Waals surface area (Å²) in [6.07, 6.45) is -3.58. The number of amides is 1. The number of benzene rings is 1. The number of nitrogens with one attached hydrogen (secondary N) is 2. The zero-order valence-corrected chi connectivity index (χ0v) is 11.7. The minimum Gasteiger partial charge on any atom is -0.488 e. The van der Waals surface area contributed by atoms with Gasteiger partial charge in [-0.05, 0) is 44.1 Å². The van der Waals surface area contributed by atoms with Gasteiger partial charge in [0.25, 0.3) is 0 Å². The van der Waals surface area contributed by atoms with Crippen LogP contribution >= 0.6 is 11.6 Å². The number of carbonyl (C=O) groups is 1. The molecular weight excluding hydrogens is 309 g/mol. The monoisotopic (exact) mass is 322 g/mol. The first-order valence-corrected chi connectivity index (χ1v) is 6.79. The van der Waals surface area contributed by atoms with Gasteiger partial charge in [0.1, 0.15) is 11.9 Å². The van der Waals surface area contributed by atoms with E-state index in [0.29, 0.717) is 0 Å². The molecule has 1 amide bonds. The summed E-state index contributed by atoms with van der Waals surface area (Å²) in [5.41, 5.74) is -0.0802. The van der Waals surface area contributed by atoms with Crippen molar-refractivity contribution in [2.75, 3.05) is 18.4 Å². The Morgan fingerprint density at radius 3 is 2.62 bits per heavy atom. The van der Waals surface area contributed by atoms with Gasteiger partial charge >= 0.3 is 12.1 Å². The summed E-state index contributed by atoms with van der Waals surface area (Å²) in [7, 11) is 0. The molecule has 1 aliphatic heterocycles. The summed E-state index contributed by atoms with van der Waals surface area (Å²) in [6, 6.07) is 4.19. The van der Waals surface area contributed by atoms with Gasteiger partial charge in [0.2, 0.25) is 0 Å². The summed E-state index contributed by atoms with van der Waals surface area (Å²) in [6.45, 7) is 1.56. The predicted octanol–water partition coefficient (Wildman–Crippen LogP) is 2.97. The fourth-order valence-corrected chi connectivity index (χ4v) is 2.16. The van der Waals surface area contributed by atoms with E-state index in [1.807, 2.05) is 0 Å². The number of ether oxygens (including phenoxy) is 1. The van der Waals surface area contributed by atoms with E-state index in [0.717, 1.165) is 25.9 Å². The van der Waals surface area contributed by atoms with Crippen molar-refractivity contribution >= 4 is 23.2 Å². The minimum atomic E-state index is -4.96. The van der Waals surface area contributed by atoms with Crippen molar-refractivity contribution < 1.29 is 22.7 Å². The highest BCUT2D eigenvalue weighted by Crippen LogP contribution is 2.31. The lowest BCUT2D eigenvalue weighted by molar-refractivity contribution is -0.167. The van der Waals surface area contributed by atoms with Crippen molar-refractivity contribution in [1.29, 1.82) is 0 Å². The van der Waals surface area contributed by atoms with Gasteiger partial charge in [0, 0.05) is 5.02 Å². The molecule has 2 N–H and O–H groups in total. The van der Waals surface area contributed by atoms with E-state index in [2.05, 4.69) is 5.32 Å². The Morgan fingerprint density at radius 1 is 1.33 bits per heavy atom. The smallest absolute Gasteiger partial charge is 0.471 e. The quantitative estimate of drug-likeness (QED) is 0.899. The first kappa shape index (κ1) is 15.9. The highest BCUT2D eigenvalue weighted by Gasteiger charge is 2.39. The average Bonchev–Trinajstić information content (AvgIpc) is 2.42. The van der Waals surface area contributed by atoms with E-state index < -0.39 is 12.1 Å². The van der Waals surface area contributed by atoms with E-state index in [-0.39, 0.29) is 22.6 Å². The minimum absolute atomic E-state index is 0.0802. The summed E-state index contributed by atoms with van der Waals surface area (Å²) in [4.78, 5) is 11.0. The third-order valence-corrected chi connectivity index (χ3v) is 3.26. The average molecular weight is 323 g/mol. The summed E-state index contributed by atoms with van der Waals surface area (Å²) >= 11 is 5.76. The van der Waals surface area contributed by atoms with Crippen LogP contribution in [0.2, 0.25) is 5.02 Å². The van der Waals surface area contributed by atoms with Crippen LogP contribution in [0.4, 0.5) is 18.9 Å². The predicted molar refractivity (Wildman–Crippen MR) is 72.7 cm³/mol. The van der Waals surface area contributed by atoms with Crippen molar-refractivity contribution in [3.63, 3.8) is 0 Å². The Morgan fingerprint density at radius 2 is 2.00 bits per heavy atom. The maximum Gasteiger partial charge on any atom is 0.471 e. The van der Waals surface area contributed by atoms with Gasteiger partial charge in [-0.25, -0.2) is 0 Å². The Balaban J connectivity index is 2.15. The molecule has 1 aromatic rings. The molecule has 1 heterocycles. The lowest BCUT2D eigenvalue weighted by Crippen LogP contribution is -2.34. The lowest BCUT2D eigenvalue weighted by atomic mass is 10.1. The number of rotatable bonds is 3. The van der Waals surface area contributed by atoms with Crippen LogP contribution in [-0.2, 0) is 4.79 Å². The van der Waals surface area contributed by atoms with Crippen molar-refractivity contribution in [2.24, 2.45) is 0 Å². The third kappa shape index (κ3) is 4.50. The fraction of sp³-hybridized carbons (Fsp3) is 0.462. The molecule has 1 aromatic carbocycles. The highest BCUT2D eigenvalue weighted by atomic mass is 35.5. The SMILES string of the molecule is O=C(Nc1cc(Cl)ccc1OC1CCNCC1)C(F)(F)F. The normalized spacial score (nSPS) is 16.6. The molecule has 0 spiro atoms. The lowest BCUT2D eigenvalue weighted by Gasteiger charge is -2.25. The van der Waals surface area contributed by atoms with Crippen LogP contribution < -0.4 is 15.4 Å². The van der Waals surface area contributed by atoms with Gasteiger partial charge in [-0.2, -0.15) is 13.2 Å². The Bertz CT molecular complexity index is 517. The molecule has 4 nitrogen and oxygen atoms in total. The molecular formula is C13H14ClF3N2O2. The number of hydrogen-bond donors (Lipinski definition) is 2. The van der Waals surface area contributed by atoms with Crippen molar-refractivity contribution in [1.82, 2.24) is 5.32 Å². The molecule has 1 aliphatic rings. The van der Waals surface area contributed by atoms with Crippen LogP contribution in [0.3, 0.4) is 0 Å². The topological polar surface area (TPSA) is 50.4 Å². The molecule has 8 heteroatoms. The van der Waals surface area contributed by atoms with Crippen molar-refractivity contribution in [3.8, 4) is 5.75 Å². The van der Waals surface area contributed by atoms with Crippen LogP contribution in [0.25, 0.3) is 0 Å². The standard InChI is InChI=1S/C13H14ClF3N2O2/c14-8-1-2-11(21-9-3-5-18-6-4-9)10(7-8)19-12(20)13(15,16)17/h1-2,7,9,18H,3-6H2,(H,19,20). The summed E-state index contributed by atoms with van der Waals surface area (Å²) in [5, 5.41) is 5.16. The fourth-order valence-electron chi connectivity index (χ4n) is 1.99. The van der Waals surface area contributed by atoms with Crippen molar-refractivity contribution in [2.45, 2.75) is 25.1 Å². The number of halogens is 4. The van der Waals surface area contributed by atoms with Gasteiger partial charge in [0.05, 0.1) is 5.69 Å². The molecule has 1 fully saturated rings. The van der Waals surface area contributed by atoms with E-state index in [1.165, 1.54) is 18.2 Å². The van der Waals surface area contributed by atoms with Crippen LogP contribution in [0.5, 0.6) is 5.75 Å². The van der Waals surface area contributed by atoms with E-state index in [1.54, 1.807) is 5.32 Å². The summed E-state index contributed by atoms with van der Waals surface area (Å²) < 4.78 is 42.7. The maximum absolute atomic E-state index is 12.3.